The molecule has 4 aromatic rings. The van der Waals surface area contributed by atoms with Crippen LogP contribution in [0.4, 0.5) is 32.8 Å². The molecule has 0 saturated carbocycles. The highest BCUT2D eigenvalue weighted by Crippen LogP contribution is 2.52. The van der Waals surface area contributed by atoms with Gasteiger partial charge in [-0.1, -0.05) is 17.7 Å². The van der Waals surface area contributed by atoms with E-state index >= 15 is 4.39 Å². The lowest BCUT2D eigenvalue weighted by molar-refractivity contribution is -0.139. The Morgan fingerprint density at radius 1 is 1.20 bits per heavy atom. The maximum atomic E-state index is 17.2. The van der Waals surface area contributed by atoms with Gasteiger partial charge in [-0.05, 0) is 43.9 Å². The number of nitrogens with two attached hydrogens (primary N) is 1. The second-order valence-corrected chi connectivity index (χ2v) is 14.6. The Kier molecular flexibility index (Phi) is 8.13. The first-order valence-electron chi connectivity index (χ1n) is 16.0. The lowest BCUT2D eigenvalue weighted by Crippen LogP contribution is -2.47. The van der Waals surface area contributed by atoms with Crippen LogP contribution in [0, 0.1) is 28.9 Å². The number of anilines is 2. The average molecular weight is 721 g/mol. The number of ether oxygens (including phenoxy) is 3. The fourth-order valence-corrected chi connectivity index (χ4v) is 9.38. The number of aromatic nitrogens is 2. The molecule has 3 saturated heterocycles. The van der Waals surface area contributed by atoms with Crippen molar-refractivity contribution in [3.8, 4) is 29.0 Å². The van der Waals surface area contributed by atoms with Gasteiger partial charge in [0.2, 0.25) is 0 Å². The minimum Gasteiger partial charge on any atom is -0.489 e. The number of hydrogen-bond acceptors (Lipinski definition) is 10. The van der Waals surface area contributed by atoms with Gasteiger partial charge in [-0.2, -0.15) is 24.0 Å². The number of nitrogen functional groups attached to an aromatic ring is 1. The van der Waals surface area contributed by atoms with Gasteiger partial charge >= 0.3 is 12.6 Å². The van der Waals surface area contributed by atoms with E-state index in [9.17, 15) is 22.8 Å². The SMILES string of the molecule is N#Cc1c(N)sc2c(F)ccc(-c3c(Cl)c4c5c(nc(OC[C@@]67CCCN6C[C@H](F)C7)nc5c3F)N3CC(COC(F)F)CCC3CO4)c12. The summed E-state index contributed by atoms with van der Waals surface area (Å²) in [7, 11) is 0. The van der Waals surface area contributed by atoms with Gasteiger partial charge in [0.25, 0.3) is 0 Å². The Morgan fingerprint density at radius 3 is 2.84 bits per heavy atom. The number of halogens is 6. The van der Waals surface area contributed by atoms with Crippen molar-refractivity contribution >= 4 is 54.7 Å². The zero-order valence-corrected chi connectivity index (χ0v) is 27.5. The number of piperidine rings is 1. The number of thiophene rings is 1. The smallest absolute Gasteiger partial charge is 0.345 e. The molecule has 2 unspecified atom stereocenters. The first-order valence-corrected chi connectivity index (χ1v) is 17.2. The molecule has 4 atom stereocenters. The minimum atomic E-state index is -2.92. The zero-order valence-electron chi connectivity index (χ0n) is 26.0. The van der Waals surface area contributed by atoms with Gasteiger partial charge in [0.1, 0.15) is 47.6 Å². The van der Waals surface area contributed by atoms with Gasteiger partial charge in [-0.3, -0.25) is 4.90 Å². The second kappa shape index (κ2) is 12.3. The van der Waals surface area contributed by atoms with Crippen molar-refractivity contribution < 1.29 is 36.2 Å². The van der Waals surface area contributed by atoms with E-state index in [-0.39, 0.29) is 104 Å². The molecule has 258 valence electrons. The summed E-state index contributed by atoms with van der Waals surface area (Å²) < 4.78 is 89.8. The molecule has 2 N–H and O–H groups in total. The van der Waals surface area contributed by atoms with Crippen LogP contribution in [-0.2, 0) is 4.74 Å². The predicted octanol–water partition coefficient (Wildman–Crippen LogP) is 7.07. The molecule has 2 aromatic heterocycles. The fourth-order valence-electron chi connectivity index (χ4n) is 8.10. The van der Waals surface area contributed by atoms with Gasteiger partial charge < -0.3 is 24.8 Å². The average Bonchev–Trinajstić information content (AvgIpc) is 3.69. The summed E-state index contributed by atoms with van der Waals surface area (Å²) in [6, 6.07) is 4.05. The predicted molar refractivity (Wildman–Crippen MR) is 174 cm³/mol. The molecular formula is C33H30ClF5N6O3S. The Balaban J connectivity index is 1.31. The molecule has 0 radical (unpaired) electrons. The van der Waals surface area contributed by atoms with Gasteiger partial charge in [0.05, 0.1) is 38.9 Å². The van der Waals surface area contributed by atoms with Crippen molar-refractivity contribution in [3.05, 3.63) is 34.4 Å². The molecule has 2 aromatic carbocycles. The number of hydrogen-bond donors (Lipinski definition) is 1. The minimum absolute atomic E-state index is 0.0125. The molecule has 9 nitrogen and oxygen atoms in total. The molecule has 3 fully saturated rings. The summed E-state index contributed by atoms with van der Waals surface area (Å²) in [6.07, 6.45) is 2.03. The highest BCUT2D eigenvalue weighted by atomic mass is 35.5. The summed E-state index contributed by atoms with van der Waals surface area (Å²) in [5.41, 5.74) is 5.28. The third-order valence-corrected chi connectivity index (χ3v) is 11.7. The third-order valence-electron chi connectivity index (χ3n) is 10.3. The molecule has 0 bridgehead atoms. The van der Waals surface area contributed by atoms with Crippen molar-refractivity contribution in [2.75, 3.05) is 50.1 Å². The summed E-state index contributed by atoms with van der Waals surface area (Å²) >= 11 is 7.87. The van der Waals surface area contributed by atoms with Crippen molar-refractivity contribution in [1.82, 2.24) is 14.9 Å². The molecule has 0 spiro atoms. The Morgan fingerprint density at radius 2 is 2.04 bits per heavy atom. The van der Waals surface area contributed by atoms with Crippen LogP contribution in [0.3, 0.4) is 0 Å². The molecular weight excluding hydrogens is 691 g/mol. The number of nitriles is 1. The van der Waals surface area contributed by atoms with E-state index in [0.29, 0.717) is 25.8 Å². The Labute approximate surface area is 286 Å². The number of rotatable bonds is 7. The first-order chi connectivity index (χ1) is 23.6. The lowest BCUT2D eigenvalue weighted by atomic mass is 9.93. The van der Waals surface area contributed by atoms with Gasteiger partial charge in [-0.25, -0.2) is 13.2 Å². The zero-order chi connectivity index (χ0) is 34.2. The number of benzene rings is 2. The maximum absolute atomic E-state index is 17.2. The quantitative estimate of drug-likeness (QED) is 0.201. The van der Waals surface area contributed by atoms with Crippen molar-refractivity contribution in [3.63, 3.8) is 0 Å². The van der Waals surface area contributed by atoms with Crippen LogP contribution in [0.5, 0.6) is 11.8 Å². The normalized spacial score (nSPS) is 25.0. The van der Waals surface area contributed by atoms with Crippen molar-refractivity contribution in [2.45, 2.75) is 56.5 Å². The van der Waals surface area contributed by atoms with Gasteiger partial charge in [-0.15, -0.1) is 11.3 Å². The Bertz CT molecular complexity index is 2030. The van der Waals surface area contributed by atoms with Crippen LogP contribution in [0.25, 0.3) is 32.1 Å². The van der Waals surface area contributed by atoms with Crippen LogP contribution in [-0.4, -0.2) is 78.7 Å². The molecule has 0 amide bonds. The molecule has 4 aliphatic heterocycles. The van der Waals surface area contributed by atoms with Crippen molar-refractivity contribution in [1.29, 1.82) is 5.26 Å². The summed E-state index contributed by atoms with van der Waals surface area (Å²) in [5, 5.41) is 10.1. The van der Waals surface area contributed by atoms with Gasteiger partial charge in [0, 0.05) is 36.4 Å². The van der Waals surface area contributed by atoms with Crippen molar-refractivity contribution in [2.24, 2.45) is 5.92 Å². The molecule has 16 heteroatoms. The topological polar surface area (TPSA) is 110 Å². The van der Waals surface area contributed by atoms with Crippen LogP contribution in [0.1, 0.15) is 37.7 Å². The molecule has 8 rings (SSSR count). The Hall–Kier alpha value is -3.71. The molecule has 6 heterocycles. The number of fused-ring (bicyclic) bond motifs is 4. The van der Waals surface area contributed by atoms with E-state index < -0.39 is 30.0 Å². The highest BCUT2D eigenvalue weighted by molar-refractivity contribution is 7.23. The van der Waals surface area contributed by atoms with Crippen LogP contribution < -0.4 is 20.1 Å². The fraction of sp³-hybridized carbons (Fsp3) is 0.485. The van der Waals surface area contributed by atoms with E-state index in [1.807, 2.05) is 11.0 Å². The maximum Gasteiger partial charge on any atom is 0.345 e. The van der Waals surface area contributed by atoms with E-state index in [0.717, 1.165) is 36.8 Å². The summed E-state index contributed by atoms with van der Waals surface area (Å²) in [4.78, 5) is 13.2. The first kappa shape index (κ1) is 32.5. The lowest BCUT2D eigenvalue weighted by Gasteiger charge is -2.39. The third kappa shape index (κ3) is 5.30. The number of nitrogens with zero attached hydrogens (tertiary/aromatic N) is 5. The molecule has 4 aliphatic rings. The molecule has 49 heavy (non-hydrogen) atoms. The second-order valence-electron chi connectivity index (χ2n) is 13.2. The molecule has 0 aliphatic carbocycles. The van der Waals surface area contributed by atoms with Gasteiger partial charge in [0.15, 0.2) is 11.6 Å². The van der Waals surface area contributed by atoms with Crippen LogP contribution in [0.15, 0.2) is 12.1 Å². The van der Waals surface area contributed by atoms with E-state index in [2.05, 4.69) is 14.6 Å². The number of alkyl halides is 3. The van der Waals surface area contributed by atoms with E-state index in [4.69, 9.17) is 31.8 Å². The standard InChI is InChI=1S/C33H30ClF5N6O3S/c34-24-22(18-4-5-20(36)28-21(18)19(9-40)29(41)49-28)25(37)26-23-27(24)46-13-17-3-2-15(12-47-31(38)39)10-45(17)30(23)43-32(42-26)48-14-33-6-1-7-44(33)11-16(35)8-33/h4-5,15-17,31H,1-3,6-8,10-14,41H2/t15?,16-,17?,33+/m1/s1. The van der Waals surface area contributed by atoms with E-state index in [1.165, 1.54) is 6.07 Å². The summed E-state index contributed by atoms with van der Waals surface area (Å²) in [5.74, 6) is -1.47. The van der Waals surface area contributed by atoms with Crippen LogP contribution in [0.2, 0.25) is 5.02 Å². The summed E-state index contributed by atoms with van der Waals surface area (Å²) in [6.45, 7) is -1.61. The largest absolute Gasteiger partial charge is 0.489 e. The highest BCUT2D eigenvalue weighted by Gasteiger charge is 2.49. The van der Waals surface area contributed by atoms with E-state index in [1.54, 1.807) is 0 Å². The monoisotopic (exact) mass is 720 g/mol. The van der Waals surface area contributed by atoms with Crippen LogP contribution >= 0.6 is 22.9 Å².